The van der Waals surface area contributed by atoms with Crippen molar-refractivity contribution >= 4 is 30.2 Å². The Morgan fingerprint density at radius 3 is 2.88 bits per heavy atom. The number of anilines is 2. The maximum Gasteiger partial charge on any atom is 0.414 e. The molecule has 0 radical (unpaired) electrons. The van der Waals surface area contributed by atoms with Crippen molar-refractivity contribution in [1.29, 1.82) is 0 Å². The van der Waals surface area contributed by atoms with Crippen molar-refractivity contribution in [3.63, 3.8) is 0 Å². The van der Waals surface area contributed by atoms with E-state index in [1.54, 1.807) is 0 Å². The van der Waals surface area contributed by atoms with Crippen LogP contribution in [0.15, 0.2) is 30.1 Å². The summed E-state index contributed by atoms with van der Waals surface area (Å²) in [6, 6.07) is 3.92. The number of nitrogens with zero attached hydrogens (tertiary/aromatic N) is 2. The van der Waals surface area contributed by atoms with Crippen LogP contribution in [0.25, 0.3) is 0 Å². The highest BCUT2D eigenvalue weighted by atomic mass is 19.1. The average molecular weight is 337 g/mol. The predicted molar refractivity (Wildman–Crippen MR) is 83.1 cm³/mol. The van der Waals surface area contributed by atoms with Gasteiger partial charge in [-0.25, -0.2) is 15.0 Å². The van der Waals surface area contributed by atoms with Crippen molar-refractivity contribution in [1.82, 2.24) is 5.32 Å². The molecule has 128 valence electrons. The first-order valence-electron chi connectivity index (χ1n) is 6.87. The van der Waals surface area contributed by atoms with E-state index in [9.17, 15) is 18.8 Å². The summed E-state index contributed by atoms with van der Waals surface area (Å²) in [5.41, 5.74) is 5.38. The van der Waals surface area contributed by atoms with Crippen molar-refractivity contribution in [3.8, 4) is 0 Å². The Morgan fingerprint density at radius 1 is 1.50 bits per heavy atom. The van der Waals surface area contributed by atoms with Crippen LogP contribution in [0.2, 0.25) is 0 Å². The number of allylic oxidation sites excluding steroid dienone is 1. The highest BCUT2D eigenvalue weighted by Gasteiger charge is 2.32. The Hall–Kier alpha value is -3.14. The molecule has 10 heteroatoms. The van der Waals surface area contributed by atoms with Crippen LogP contribution in [-0.4, -0.2) is 38.0 Å². The van der Waals surface area contributed by atoms with Crippen molar-refractivity contribution in [3.05, 3.63) is 35.9 Å². The molecule has 1 aliphatic heterocycles. The van der Waals surface area contributed by atoms with E-state index in [1.165, 1.54) is 17.0 Å². The molecule has 1 fully saturated rings. The minimum Gasteiger partial charge on any atom is -0.442 e. The van der Waals surface area contributed by atoms with Crippen molar-refractivity contribution in [2.45, 2.75) is 6.10 Å². The molecule has 2 amide bonds. The number of carbonyl (C=O) groups is 3. The predicted octanol–water partition coefficient (Wildman–Crippen LogP) is -0.424. The highest BCUT2D eigenvalue weighted by molar-refractivity contribution is 5.90. The Morgan fingerprint density at radius 2 is 2.25 bits per heavy atom. The molecular formula is C14H16FN5O4. The molecule has 0 saturated carbocycles. The Labute approximate surface area is 136 Å². The van der Waals surface area contributed by atoms with Gasteiger partial charge in [-0.2, -0.15) is 0 Å². The first-order valence-corrected chi connectivity index (χ1v) is 6.87. The lowest BCUT2D eigenvalue weighted by atomic mass is 10.2. The molecule has 9 nitrogen and oxygen atoms in total. The SMILES string of the molecule is N/C(C=O)=C\N(N)c1ccc(N2CC(CNC=O)OC2=O)cc1F. The zero-order valence-electron chi connectivity index (χ0n) is 12.5. The second kappa shape index (κ2) is 7.42. The Balaban J connectivity index is 2.16. The summed E-state index contributed by atoms with van der Waals surface area (Å²) in [5, 5.41) is 3.28. The van der Waals surface area contributed by atoms with Crippen molar-refractivity contribution in [2.24, 2.45) is 11.6 Å². The zero-order chi connectivity index (χ0) is 17.7. The van der Waals surface area contributed by atoms with Gasteiger partial charge in [0.2, 0.25) is 6.41 Å². The second-order valence-electron chi connectivity index (χ2n) is 4.93. The van der Waals surface area contributed by atoms with E-state index in [0.29, 0.717) is 12.7 Å². The fourth-order valence-electron chi connectivity index (χ4n) is 2.15. The molecule has 0 aliphatic carbocycles. The number of hydrogen-bond donors (Lipinski definition) is 3. The molecule has 1 aromatic carbocycles. The van der Waals surface area contributed by atoms with Crippen LogP contribution < -0.4 is 26.8 Å². The van der Waals surface area contributed by atoms with Gasteiger partial charge in [-0.3, -0.25) is 19.5 Å². The molecule has 0 bridgehead atoms. The van der Waals surface area contributed by atoms with Crippen LogP contribution in [0.5, 0.6) is 0 Å². The third-order valence-electron chi connectivity index (χ3n) is 3.25. The van der Waals surface area contributed by atoms with Gasteiger partial charge < -0.3 is 15.8 Å². The molecule has 1 aliphatic rings. The molecule has 1 unspecified atom stereocenters. The van der Waals surface area contributed by atoms with Gasteiger partial charge >= 0.3 is 6.09 Å². The van der Waals surface area contributed by atoms with Gasteiger partial charge in [0.05, 0.1) is 30.2 Å². The summed E-state index contributed by atoms with van der Waals surface area (Å²) in [5.74, 6) is 4.90. The number of hydrazine groups is 1. The number of nitrogens with two attached hydrogens (primary N) is 2. The number of carbonyl (C=O) groups excluding carboxylic acids is 3. The van der Waals surface area contributed by atoms with E-state index in [2.05, 4.69) is 5.32 Å². The largest absolute Gasteiger partial charge is 0.442 e. The molecule has 1 atom stereocenters. The number of nitrogens with one attached hydrogen (secondary N) is 1. The lowest BCUT2D eigenvalue weighted by Crippen LogP contribution is -2.30. The summed E-state index contributed by atoms with van der Waals surface area (Å²) < 4.78 is 19.3. The van der Waals surface area contributed by atoms with Gasteiger partial charge in [0.15, 0.2) is 6.29 Å². The average Bonchev–Trinajstić information content (AvgIpc) is 2.93. The Bertz CT molecular complexity index is 681. The quantitative estimate of drug-likeness (QED) is 0.266. The standard InChI is InChI=1S/C14H16FN5O4/c15-12-3-10(1-2-13(12)20(17)5-9(16)7-21)19-6-11(4-18-8-22)24-14(19)23/h1-3,5,7-8,11H,4,6,16-17H2,(H,18,22)/b9-5-. The molecule has 2 rings (SSSR count). The summed E-state index contributed by atoms with van der Waals surface area (Å²) in [7, 11) is 0. The first kappa shape index (κ1) is 17.2. The smallest absolute Gasteiger partial charge is 0.414 e. The summed E-state index contributed by atoms with van der Waals surface area (Å²) in [6.45, 7) is 0.335. The summed E-state index contributed by atoms with van der Waals surface area (Å²) >= 11 is 0. The molecule has 0 spiro atoms. The molecule has 1 heterocycles. The molecule has 0 aromatic heterocycles. The number of rotatable bonds is 7. The Kier molecular flexibility index (Phi) is 5.32. The van der Waals surface area contributed by atoms with Crippen molar-refractivity contribution in [2.75, 3.05) is 23.0 Å². The van der Waals surface area contributed by atoms with Crippen LogP contribution in [0.4, 0.5) is 20.6 Å². The van der Waals surface area contributed by atoms with E-state index in [4.69, 9.17) is 16.3 Å². The minimum atomic E-state index is -0.716. The third-order valence-corrected chi connectivity index (χ3v) is 3.25. The topological polar surface area (TPSA) is 131 Å². The number of benzene rings is 1. The molecule has 24 heavy (non-hydrogen) atoms. The fourth-order valence-corrected chi connectivity index (χ4v) is 2.15. The van der Waals surface area contributed by atoms with Crippen LogP contribution in [0.1, 0.15) is 0 Å². The van der Waals surface area contributed by atoms with Gasteiger partial charge in [0.1, 0.15) is 11.9 Å². The highest BCUT2D eigenvalue weighted by Crippen LogP contribution is 2.27. The van der Waals surface area contributed by atoms with Gasteiger partial charge in [-0.1, -0.05) is 0 Å². The third kappa shape index (κ3) is 3.79. The van der Waals surface area contributed by atoms with E-state index < -0.39 is 18.0 Å². The van der Waals surface area contributed by atoms with Gasteiger partial charge in [-0.05, 0) is 18.2 Å². The molecule has 1 aromatic rings. The van der Waals surface area contributed by atoms with E-state index >= 15 is 0 Å². The maximum atomic E-state index is 14.2. The van der Waals surface area contributed by atoms with E-state index in [1.807, 2.05) is 0 Å². The zero-order valence-corrected chi connectivity index (χ0v) is 12.5. The van der Waals surface area contributed by atoms with E-state index in [0.717, 1.165) is 17.3 Å². The lowest BCUT2D eigenvalue weighted by molar-refractivity contribution is -0.110. The second-order valence-corrected chi connectivity index (χ2v) is 4.93. The minimum absolute atomic E-state index is 0.0321. The van der Waals surface area contributed by atoms with Gasteiger partial charge in [-0.15, -0.1) is 0 Å². The maximum absolute atomic E-state index is 14.2. The van der Waals surface area contributed by atoms with Crippen LogP contribution in [-0.2, 0) is 14.3 Å². The number of halogens is 1. The summed E-state index contributed by atoms with van der Waals surface area (Å²) in [6.07, 6.45) is 0.775. The monoisotopic (exact) mass is 337 g/mol. The number of hydrogen-bond acceptors (Lipinski definition) is 7. The van der Waals surface area contributed by atoms with Crippen LogP contribution >= 0.6 is 0 Å². The first-order chi connectivity index (χ1) is 11.5. The fraction of sp³-hybridized carbons (Fsp3) is 0.214. The van der Waals surface area contributed by atoms with Gasteiger partial charge in [0.25, 0.3) is 0 Å². The number of amides is 2. The number of ether oxygens (including phenoxy) is 1. The molecule has 5 N–H and O–H groups in total. The van der Waals surface area contributed by atoms with Crippen LogP contribution in [0, 0.1) is 5.82 Å². The summed E-state index contributed by atoms with van der Waals surface area (Å²) in [4.78, 5) is 33.8. The normalized spacial score (nSPS) is 17.4. The van der Waals surface area contributed by atoms with E-state index in [-0.39, 0.29) is 30.2 Å². The molecular weight excluding hydrogens is 321 g/mol. The number of cyclic esters (lactones) is 1. The lowest BCUT2D eigenvalue weighted by Gasteiger charge is -2.18. The van der Waals surface area contributed by atoms with Crippen molar-refractivity contribution < 1.29 is 23.5 Å². The number of aldehydes is 1. The molecule has 1 saturated heterocycles. The van der Waals surface area contributed by atoms with Crippen LogP contribution in [0.3, 0.4) is 0 Å². The van der Waals surface area contributed by atoms with Gasteiger partial charge in [0, 0.05) is 6.20 Å².